The highest BCUT2D eigenvalue weighted by atomic mass is 16.6. The van der Waals surface area contributed by atoms with Gasteiger partial charge in [-0.25, -0.2) is 4.98 Å². The van der Waals surface area contributed by atoms with E-state index in [0.29, 0.717) is 17.7 Å². The number of nitro groups is 1. The second-order valence-electron chi connectivity index (χ2n) is 4.08. The predicted octanol–water partition coefficient (Wildman–Crippen LogP) is 2.55. The van der Waals surface area contributed by atoms with Gasteiger partial charge in [0.05, 0.1) is 4.92 Å². The van der Waals surface area contributed by atoms with Crippen LogP contribution in [-0.2, 0) is 6.42 Å². The zero-order valence-electron chi connectivity index (χ0n) is 10.7. The van der Waals surface area contributed by atoms with Crippen LogP contribution in [0, 0.1) is 10.1 Å². The summed E-state index contributed by atoms with van der Waals surface area (Å²) in [5.74, 6) is 0.537. The van der Waals surface area contributed by atoms with Gasteiger partial charge in [-0.15, -0.1) is 0 Å². The van der Waals surface area contributed by atoms with Gasteiger partial charge in [0.25, 0.3) is 5.69 Å². The molecule has 2 aromatic rings. The van der Waals surface area contributed by atoms with Crippen LogP contribution in [0.4, 0.5) is 5.69 Å². The Hall–Kier alpha value is -2.50. The zero-order chi connectivity index (χ0) is 14.0. The predicted molar refractivity (Wildman–Crippen MR) is 69.6 cm³/mol. The van der Waals surface area contributed by atoms with Gasteiger partial charge in [0, 0.05) is 30.4 Å². The Bertz CT molecular complexity index is 646. The molecule has 0 aliphatic carbocycles. The van der Waals surface area contributed by atoms with Crippen molar-refractivity contribution in [2.24, 2.45) is 0 Å². The molecule has 0 spiro atoms. The number of rotatable bonds is 4. The first-order valence-electron chi connectivity index (χ1n) is 5.86. The third-order valence-corrected chi connectivity index (χ3v) is 2.87. The summed E-state index contributed by atoms with van der Waals surface area (Å²) in [6.07, 6.45) is 3.94. The third kappa shape index (κ3) is 2.37. The Morgan fingerprint density at radius 3 is 2.79 bits per heavy atom. The van der Waals surface area contributed by atoms with E-state index in [-0.39, 0.29) is 11.5 Å². The Morgan fingerprint density at radius 1 is 1.47 bits per heavy atom. The standard InChI is InChI=1S/C13H13N3O3/c1-3-13-14-6-7-15(13)11-5-4-10(9(2)17)8-12(11)16(18)19/h4-8H,3H2,1-2H3. The second kappa shape index (κ2) is 5.01. The number of hydrogen-bond acceptors (Lipinski definition) is 4. The van der Waals surface area contributed by atoms with Gasteiger partial charge in [0.1, 0.15) is 11.5 Å². The first-order valence-corrected chi connectivity index (χ1v) is 5.86. The Morgan fingerprint density at radius 2 is 2.21 bits per heavy atom. The van der Waals surface area contributed by atoms with Gasteiger partial charge in [0.2, 0.25) is 0 Å². The van der Waals surface area contributed by atoms with Crippen molar-refractivity contribution >= 4 is 11.5 Å². The Labute approximate surface area is 109 Å². The van der Waals surface area contributed by atoms with Gasteiger partial charge in [-0.1, -0.05) is 6.92 Å². The molecule has 0 saturated carbocycles. The highest BCUT2D eigenvalue weighted by molar-refractivity contribution is 5.95. The summed E-state index contributed by atoms with van der Waals surface area (Å²) >= 11 is 0. The Kier molecular flexibility index (Phi) is 3.41. The van der Waals surface area contributed by atoms with Crippen LogP contribution < -0.4 is 0 Å². The molecule has 0 aliphatic heterocycles. The number of ketones is 1. The molecule has 0 bridgehead atoms. The Balaban J connectivity index is 2.63. The van der Waals surface area contributed by atoms with Crippen LogP contribution >= 0.6 is 0 Å². The topological polar surface area (TPSA) is 78.0 Å². The number of imidazole rings is 1. The van der Waals surface area contributed by atoms with Gasteiger partial charge in [0.15, 0.2) is 5.78 Å². The van der Waals surface area contributed by atoms with Crippen molar-refractivity contribution in [2.45, 2.75) is 20.3 Å². The van der Waals surface area contributed by atoms with Crippen molar-refractivity contribution in [1.82, 2.24) is 9.55 Å². The summed E-state index contributed by atoms with van der Waals surface area (Å²) in [5.41, 5.74) is 0.651. The lowest BCUT2D eigenvalue weighted by Gasteiger charge is -2.08. The molecule has 1 aromatic heterocycles. The molecule has 6 heteroatoms. The lowest BCUT2D eigenvalue weighted by atomic mass is 10.1. The minimum atomic E-state index is -0.485. The van der Waals surface area contributed by atoms with E-state index < -0.39 is 4.92 Å². The van der Waals surface area contributed by atoms with E-state index in [0.717, 1.165) is 5.82 Å². The van der Waals surface area contributed by atoms with E-state index in [9.17, 15) is 14.9 Å². The SMILES string of the molecule is CCc1nccn1-c1ccc(C(C)=O)cc1[N+](=O)[O-]. The molecule has 0 radical (unpaired) electrons. The fourth-order valence-electron chi connectivity index (χ4n) is 1.91. The quantitative estimate of drug-likeness (QED) is 0.480. The zero-order valence-corrected chi connectivity index (χ0v) is 10.7. The average Bonchev–Trinajstić information content (AvgIpc) is 2.85. The molecular formula is C13H13N3O3. The molecule has 0 saturated heterocycles. The average molecular weight is 259 g/mol. The summed E-state index contributed by atoms with van der Waals surface area (Å²) in [7, 11) is 0. The highest BCUT2D eigenvalue weighted by Gasteiger charge is 2.18. The molecule has 0 fully saturated rings. The number of carbonyl (C=O) groups excluding carboxylic acids is 1. The molecule has 0 unspecified atom stereocenters. The van der Waals surface area contributed by atoms with Crippen molar-refractivity contribution in [3.05, 3.63) is 52.1 Å². The van der Waals surface area contributed by atoms with Gasteiger partial charge in [-0.2, -0.15) is 0 Å². The van der Waals surface area contributed by atoms with Gasteiger partial charge in [-0.3, -0.25) is 19.5 Å². The van der Waals surface area contributed by atoms with E-state index in [1.807, 2.05) is 6.92 Å². The molecule has 0 aliphatic rings. The van der Waals surface area contributed by atoms with Crippen molar-refractivity contribution in [2.75, 3.05) is 0 Å². The summed E-state index contributed by atoms with van der Waals surface area (Å²) in [6, 6.07) is 4.47. The van der Waals surface area contributed by atoms with Crippen molar-refractivity contribution in [1.29, 1.82) is 0 Å². The summed E-state index contributed by atoms with van der Waals surface area (Å²) in [4.78, 5) is 26.1. The van der Waals surface area contributed by atoms with Crippen LogP contribution in [0.15, 0.2) is 30.6 Å². The van der Waals surface area contributed by atoms with Crippen molar-refractivity contribution < 1.29 is 9.72 Å². The van der Waals surface area contributed by atoms with Crippen LogP contribution in [-0.4, -0.2) is 20.3 Å². The molecule has 0 atom stereocenters. The van der Waals surface area contributed by atoms with Crippen LogP contribution in [0.5, 0.6) is 0 Å². The summed E-state index contributed by atoms with van der Waals surface area (Å²) in [6.45, 7) is 3.31. The normalized spacial score (nSPS) is 10.4. The molecule has 1 heterocycles. The lowest BCUT2D eigenvalue weighted by Crippen LogP contribution is -2.05. The first-order chi connectivity index (χ1) is 9.04. The second-order valence-corrected chi connectivity index (χ2v) is 4.08. The van der Waals surface area contributed by atoms with Gasteiger partial charge >= 0.3 is 0 Å². The molecule has 2 rings (SSSR count). The number of hydrogen-bond donors (Lipinski definition) is 0. The number of Topliss-reactive ketones (excluding diaryl/α,β-unsaturated/α-hetero) is 1. The van der Waals surface area contributed by atoms with Crippen LogP contribution in [0.25, 0.3) is 5.69 Å². The lowest BCUT2D eigenvalue weighted by molar-refractivity contribution is -0.384. The highest BCUT2D eigenvalue weighted by Crippen LogP contribution is 2.25. The number of aromatic nitrogens is 2. The largest absolute Gasteiger partial charge is 0.298 e. The van der Waals surface area contributed by atoms with E-state index in [4.69, 9.17) is 0 Å². The van der Waals surface area contributed by atoms with Gasteiger partial charge in [-0.05, 0) is 19.1 Å². The van der Waals surface area contributed by atoms with E-state index in [1.165, 1.54) is 13.0 Å². The number of aryl methyl sites for hydroxylation is 1. The van der Waals surface area contributed by atoms with E-state index >= 15 is 0 Å². The van der Waals surface area contributed by atoms with E-state index in [2.05, 4.69) is 4.98 Å². The number of carbonyl (C=O) groups is 1. The molecule has 1 aromatic carbocycles. The molecular weight excluding hydrogens is 246 g/mol. The minimum absolute atomic E-state index is 0.0969. The van der Waals surface area contributed by atoms with E-state index in [1.54, 1.807) is 29.1 Å². The van der Waals surface area contributed by atoms with Crippen molar-refractivity contribution in [3.63, 3.8) is 0 Å². The van der Waals surface area contributed by atoms with Crippen LogP contribution in [0.1, 0.15) is 30.0 Å². The van der Waals surface area contributed by atoms with Gasteiger partial charge < -0.3 is 0 Å². The van der Waals surface area contributed by atoms with Crippen LogP contribution in [0.3, 0.4) is 0 Å². The molecule has 19 heavy (non-hydrogen) atoms. The smallest absolute Gasteiger partial charge is 0.293 e. The molecule has 0 N–H and O–H groups in total. The fraction of sp³-hybridized carbons (Fsp3) is 0.231. The summed E-state index contributed by atoms with van der Waals surface area (Å²) in [5, 5.41) is 11.2. The number of nitro benzene ring substituents is 1. The minimum Gasteiger partial charge on any atom is -0.298 e. The molecule has 6 nitrogen and oxygen atoms in total. The summed E-state index contributed by atoms with van der Waals surface area (Å²) < 4.78 is 1.67. The first kappa shape index (κ1) is 12.9. The maximum Gasteiger partial charge on any atom is 0.293 e. The molecule has 0 amide bonds. The maximum atomic E-state index is 11.3. The third-order valence-electron chi connectivity index (χ3n) is 2.87. The monoisotopic (exact) mass is 259 g/mol. The fourth-order valence-corrected chi connectivity index (χ4v) is 1.91. The van der Waals surface area contributed by atoms with Crippen LogP contribution in [0.2, 0.25) is 0 Å². The number of benzene rings is 1. The number of nitrogens with zero attached hydrogens (tertiary/aromatic N) is 3. The molecule has 98 valence electrons. The maximum absolute atomic E-state index is 11.3. The van der Waals surface area contributed by atoms with Crippen molar-refractivity contribution in [3.8, 4) is 5.69 Å².